The second kappa shape index (κ2) is 5.61. The summed E-state index contributed by atoms with van der Waals surface area (Å²) in [4.78, 5) is 11.9. The molecule has 0 bridgehead atoms. The van der Waals surface area contributed by atoms with E-state index in [1.165, 1.54) is 0 Å². The first-order valence-corrected chi connectivity index (χ1v) is 6.64. The third kappa shape index (κ3) is 3.47. The Labute approximate surface area is 113 Å². The fourth-order valence-corrected chi connectivity index (χ4v) is 2.17. The minimum Gasteiger partial charge on any atom is -0.491 e. The predicted octanol–water partition coefficient (Wildman–Crippen LogP) is 1.72. The van der Waals surface area contributed by atoms with Crippen LogP contribution < -0.4 is 10.1 Å². The average molecular weight is 263 g/mol. The number of hydrogen-bond donors (Lipinski definition) is 2. The van der Waals surface area contributed by atoms with E-state index in [1.807, 2.05) is 24.3 Å². The van der Waals surface area contributed by atoms with Crippen LogP contribution in [0.1, 0.15) is 25.8 Å². The number of carbonyl (C=O) groups is 1. The van der Waals surface area contributed by atoms with Crippen LogP contribution >= 0.6 is 0 Å². The summed E-state index contributed by atoms with van der Waals surface area (Å²) in [5.74, 6) is 0.965. The zero-order valence-electron chi connectivity index (χ0n) is 11.5. The molecule has 1 atom stereocenters. The maximum atomic E-state index is 11.9. The van der Waals surface area contributed by atoms with Crippen molar-refractivity contribution >= 4 is 5.91 Å². The first kappa shape index (κ1) is 13.9. The van der Waals surface area contributed by atoms with Gasteiger partial charge in [-0.05, 0) is 17.9 Å². The summed E-state index contributed by atoms with van der Waals surface area (Å²) in [5, 5.41) is 11.7. The second-order valence-electron chi connectivity index (χ2n) is 5.64. The SMILES string of the molecule is CC1(C)C[C@@H]1C(=O)NCc1ccccc1OCCO. The van der Waals surface area contributed by atoms with Crippen molar-refractivity contribution in [1.29, 1.82) is 0 Å². The lowest BCUT2D eigenvalue weighted by Crippen LogP contribution is -2.26. The van der Waals surface area contributed by atoms with Crippen LogP contribution in [0.2, 0.25) is 0 Å². The molecule has 104 valence electrons. The maximum absolute atomic E-state index is 11.9. The number of rotatable bonds is 6. The summed E-state index contributed by atoms with van der Waals surface area (Å²) in [6, 6.07) is 7.56. The largest absolute Gasteiger partial charge is 0.491 e. The molecule has 1 aliphatic rings. The van der Waals surface area contributed by atoms with Crippen LogP contribution in [0.3, 0.4) is 0 Å². The number of aliphatic hydroxyl groups excluding tert-OH is 1. The van der Waals surface area contributed by atoms with Crippen molar-refractivity contribution in [2.75, 3.05) is 13.2 Å². The van der Waals surface area contributed by atoms with Crippen LogP contribution in [0.25, 0.3) is 0 Å². The summed E-state index contributed by atoms with van der Waals surface area (Å²) >= 11 is 0. The van der Waals surface area contributed by atoms with Crippen molar-refractivity contribution in [3.8, 4) is 5.75 Å². The Kier molecular flexibility index (Phi) is 4.10. The second-order valence-corrected chi connectivity index (χ2v) is 5.64. The van der Waals surface area contributed by atoms with E-state index >= 15 is 0 Å². The molecule has 0 spiro atoms. The zero-order chi connectivity index (χ0) is 13.9. The Bertz CT molecular complexity index is 456. The summed E-state index contributed by atoms with van der Waals surface area (Å²) in [6.07, 6.45) is 0.960. The first-order valence-electron chi connectivity index (χ1n) is 6.64. The van der Waals surface area contributed by atoms with Crippen molar-refractivity contribution in [2.45, 2.75) is 26.8 Å². The quantitative estimate of drug-likeness (QED) is 0.821. The molecule has 2 rings (SSSR count). The molecule has 1 fully saturated rings. The van der Waals surface area contributed by atoms with Crippen LogP contribution in [0.4, 0.5) is 0 Å². The van der Waals surface area contributed by atoms with Gasteiger partial charge in [-0.3, -0.25) is 4.79 Å². The maximum Gasteiger partial charge on any atom is 0.223 e. The van der Waals surface area contributed by atoms with E-state index in [-0.39, 0.29) is 30.5 Å². The molecule has 2 N–H and O–H groups in total. The third-order valence-corrected chi connectivity index (χ3v) is 3.60. The van der Waals surface area contributed by atoms with Gasteiger partial charge in [-0.15, -0.1) is 0 Å². The lowest BCUT2D eigenvalue weighted by molar-refractivity contribution is -0.123. The lowest BCUT2D eigenvalue weighted by atomic mass is 10.1. The Morgan fingerprint density at radius 2 is 2.16 bits per heavy atom. The molecule has 0 heterocycles. The molecule has 0 aliphatic heterocycles. The monoisotopic (exact) mass is 263 g/mol. The smallest absolute Gasteiger partial charge is 0.223 e. The molecule has 1 aliphatic carbocycles. The van der Waals surface area contributed by atoms with Gasteiger partial charge in [-0.25, -0.2) is 0 Å². The van der Waals surface area contributed by atoms with E-state index in [4.69, 9.17) is 9.84 Å². The molecule has 0 radical (unpaired) electrons. The van der Waals surface area contributed by atoms with Gasteiger partial charge in [0.05, 0.1) is 6.61 Å². The Hall–Kier alpha value is -1.55. The van der Waals surface area contributed by atoms with Crippen LogP contribution in [0, 0.1) is 11.3 Å². The molecular weight excluding hydrogens is 242 g/mol. The number of benzene rings is 1. The third-order valence-electron chi connectivity index (χ3n) is 3.60. The van der Waals surface area contributed by atoms with Crippen LogP contribution in [0.15, 0.2) is 24.3 Å². The minimum atomic E-state index is -0.0169. The molecule has 0 aromatic heterocycles. The number of nitrogens with one attached hydrogen (secondary N) is 1. The highest BCUT2D eigenvalue weighted by Crippen LogP contribution is 2.51. The summed E-state index contributed by atoms with van der Waals surface area (Å²) in [7, 11) is 0. The van der Waals surface area contributed by atoms with Crippen molar-refractivity contribution in [3.05, 3.63) is 29.8 Å². The number of hydrogen-bond acceptors (Lipinski definition) is 3. The van der Waals surface area contributed by atoms with Gasteiger partial charge in [-0.2, -0.15) is 0 Å². The van der Waals surface area contributed by atoms with E-state index in [0.717, 1.165) is 12.0 Å². The standard InChI is InChI=1S/C15H21NO3/c1-15(2)9-12(15)14(18)16-10-11-5-3-4-6-13(11)19-8-7-17/h3-6,12,17H,7-10H2,1-2H3,(H,16,18)/t12-/m1/s1. The Morgan fingerprint density at radius 3 is 2.79 bits per heavy atom. The molecule has 4 nitrogen and oxygen atoms in total. The van der Waals surface area contributed by atoms with Gasteiger partial charge in [0.2, 0.25) is 5.91 Å². The number of ether oxygens (including phenoxy) is 1. The van der Waals surface area contributed by atoms with E-state index in [9.17, 15) is 4.79 Å². The first-order chi connectivity index (χ1) is 9.04. The van der Waals surface area contributed by atoms with E-state index < -0.39 is 0 Å². The van der Waals surface area contributed by atoms with Crippen molar-refractivity contribution in [1.82, 2.24) is 5.32 Å². The summed E-state index contributed by atoms with van der Waals surface area (Å²) < 4.78 is 5.43. The molecule has 4 heteroatoms. The minimum absolute atomic E-state index is 0.0169. The van der Waals surface area contributed by atoms with Crippen LogP contribution in [-0.2, 0) is 11.3 Å². The molecule has 0 saturated heterocycles. The fraction of sp³-hybridized carbons (Fsp3) is 0.533. The van der Waals surface area contributed by atoms with Gasteiger partial charge < -0.3 is 15.2 Å². The van der Waals surface area contributed by atoms with Crippen LogP contribution in [-0.4, -0.2) is 24.2 Å². The normalized spacial score (nSPS) is 19.8. The molecule has 19 heavy (non-hydrogen) atoms. The van der Waals surface area contributed by atoms with Gasteiger partial charge in [0.25, 0.3) is 0 Å². The number of aliphatic hydroxyl groups is 1. The van der Waals surface area contributed by atoms with Crippen molar-refractivity contribution in [2.24, 2.45) is 11.3 Å². The number of amides is 1. The van der Waals surface area contributed by atoms with E-state index in [2.05, 4.69) is 19.2 Å². The van der Waals surface area contributed by atoms with Gasteiger partial charge in [0.1, 0.15) is 12.4 Å². The predicted molar refractivity (Wildman–Crippen MR) is 72.8 cm³/mol. The number of para-hydroxylation sites is 1. The van der Waals surface area contributed by atoms with Crippen LogP contribution in [0.5, 0.6) is 5.75 Å². The van der Waals surface area contributed by atoms with Gasteiger partial charge >= 0.3 is 0 Å². The molecule has 0 unspecified atom stereocenters. The fourth-order valence-electron chi connectivity index (χ4n) is 2.17. The van der Waals surface area contributed by atoms with Crippen molar-refractivity contribution < 1.29 is 14.6 Å². The Morgan fingerprint density at radius 1 is 1.47 bits per heavy atom. The highest BCUT2D eigenvalue weighted by atomic mass is 16.5. The van der Waals surface area contributed by atoms with E-state index in [1.54, 1.807) is 0 Å². The molecular formula is C15H21NO3. The van der Waals surface area contributed by atoms with E-state index in [0.29, 0.717) is 12.3 Å². The average Bonchev–Trinajstić information content (AvgIpc) is 3.03. The molecule has 1 aromatic carbocycles. The lowest BCUT2D eigenvalue weighted by Gasteiger charge is -2.12. The molecule has 1 amide bonds. The van der Waals surface area contributed by atoms with Gasteiger partial charge in [-0.1, -0.05) is 32.0 Å². The summed E-state index contributed by atoms with van der Waals surface area (Å²) in [6.45, 7) is 4.93. The van der Waals surface area contributed by atoms with Gasteiger partial charge in [0, 0.05) is 18.0 Å². The molecule has 1 aromatic rings. The highest BCUT2D eigenvalue weighted by Gasteiger charge is 2.50. The topological polar surface area (TPSA) is 58.6 Å². The van der Waals surface area contributed by atoms with Gasteiger partial charge in [0.15, 0.2) is 0 Å². The zero-order valence-corrected chi connectivity index (χ0v) is 11.5. The summed E-state index contributed by atoms with van der Waals surface area (Å²) in [5.41, 5.74) is 1.08. The molecule has 1 saturated carbocycles. The van der Waals surface area contributed by atoms with Crippen molar-refractivity contribution in [3.63, 3.8) is 0 Å². The number of carbonyl (C=O) groups excluding carboxylic acids is 1. The Balaban J connectivity index is 1.90. The highest BCUT2D eigenvalue weighted by molar-refractivity contribution is 5.82.